The van der Waals surface area contributed by atoms with Crippen molar-refractivity contribution in [3.05, 3.63) is 10.1 Å². The van der Waals surface area contributed by atoms with Crippen molar-refractivity contribution in [3.63, 3.8) is 0 Å². The fourth-order valence-corrected chi connectivity index (χ4v) is 1.30. The molecule has 2 atom stereocenters. The maximum absolute atomic E-state index is 12.8. The lowest BCUT2D eigenvalue weighted by molar-refractivity contribution is -0.525. The van der Waals surface area contributed by atoms with Crippen molar-refractivity contribution in [2.45, 2.75) is 32.0 Å². The number of esters is 1. The van der Waals surface area contributed by atoms with E-state index in [1.165, 1.54) is 0 Å². The van der Waals surface area contributed by atoms with Gasteiger partial charge in [0.15, 0.2) is 11.2 Å². The third-order valence-electron chi connectivity index (χ3n) is 2.30. The van der Waals surface area contributed by atoms with Crippen LogP contribution in [0.25, 0.3) is 0 Å². The van der Waals surface area contributed by atoms with Gasteiger partial charge in [0.2, 0.25) is 0 Å². The van der Waals surface area contributed by atoms with Crippen LogP contribution in [0.5, 0.6) is 0 Å². The molecule has 21 heavy (non-hydrogen) atoms. The lowest BCUT2D eigenvalue weighted by Crippen LogP contribution is -2.44. The number of carbonyl (C=O) groups excluding carboxylic acids is 2. The molecule has 0 aromatic carbocycles. The highest BCUT2D eigenvalue weighted by Crippen LogP contribution is 2.02. The van der Waals surface area contributed by atoms with Crippen LogP contribution in [0.4, 0.5) is 4.39 Å². The van der Waals surface area contributed by atoms with Crippen LogP contribution < -0.4 is 16.5 Å². The van der Waals surface area contributed by atoms with Crippen LogP contribution in [0.15, 0.2) is 4.99 Å². The summed E-state index contributed by atoms with van der Waals surface area (Å²) in [5, 5.41) is 11.4. The van der Waals surface area contributed by atoms with Gasteiger partial charge in [-0.2, -0.15) is 0 Å². The molecule has 120 valence electrons. The van der Waals surface area contributed by atoms with Crippen LogP contribution in [-0.2, 0) is 14.3 Å². The SMILES string of the molecule is COC(=O)C(CCCN=C(N)N[N+](=O)[O-])NC(=O)C(C)F. The number of amides is 1. The minimum Gasteiger partial charge on any atom is -0.467 e. The molecule has 1 amide bonds. The number of nitro groups is 1. The monoisotopic (exact) mass is 307 g/mol. The molecule has 0 aromatic rings. The third kappa shape index (κ3) is 8.34. The Hall–Kier alpha value is -2.46. The molecule has 4 N–H and O–H groups in total. The third-order valence-corrected chi connectivity index (χ3v) is 2.30. The van der Waals surface area contributed by atoms with Crippen LogP contribution in [-0.4, -0.2) is 48.7 Å². The molecular weight excluding hydrogens is 289 g/mol. The van der Waals surface area contributed by atoms with Crippen molar-refractivity contribution < 1.29 is 23.7 Å². The van der Waals surface area contributed by atoms with Crippen molar-refractivity contribution in [1.82, 2.24) is 10.7 Å². The molecular formula is C10H18FN5O5. The van der Waals surface area contributed by atoms with Crippen LogP contribution >= 0.6 is 0 Å². The Kier molecular flexibility index (Phi) is 8.34. The van der Waals surface area contributed by atoms with E-state index in [0.29, 0.717) is 0 Å². The minimum absolute atomic E-state index is 0.0845. The van der Waals surface area contributed by atoms with Gasteiger partial charge >= 0.3 is 5.97 Å². The second-order valence-electron chi connectivity index (χ2n) is 3.98. The summed E-state index contributed by atoms with van der Waals surface area (Å²) in [6.07, 6.45) is -1.35. The first kappa shape index (κ1) is 18.5. The van der Waals surface area contributed by atoms with E-state index in [9.17, 15) is 24.1 Å². The Morgan fingerprint density at radius 1 is 1.52 bits per heavy atom. The summed E-state index contributed by atoms with van der Waals surface area (Å²) in [6, 6.07) is -1.01. The largest absolute Gasteiger partial charge is 0.467 e. The van der Waals surface area contributed by atoms with E-state index in [-0.39, 0.29) is 25.3 Å². The molecule has 0 aromatic heterocycles. The molecule has 2 unspecified atom stereocenters. The number of rotatable bonds is 8. The number of hydrazine groups is 1. The molecule has 0 saturated heterocycles. The van der Waals surface area contributed by atoms with Crippen LogP contribution in [0.3, 0.4) is 0 Å². The Morgan fingerprint density at radius 3 is 2.62 bits per heavy atom. The first-order valence-corrected chi connectivity index (χ1v) is 6.01. The summed E-state index contributed by atoms with van der Waals surface area (Å²) in [5.74, 6) is -2.02. The standard InChI is InChI=1S/C10H18FN5O5/c1-6(11)8(17)14-7(9(18)21-2)4-3-5-13-10(12)15-16(19)20/h6-7H,3-5H2,1-2H3,(H,14,17)(H3,12,13,15). The number of nitrogens with two attached hydrogens (primary N) is 1. The van der Waals surface area contributed by atoms with Crippen LogP contribution in [0.1, 0.15) is 19.8 Å². The Balaban J connectivity index is 4.34. The first-order valence-electron chi connectivity index (χ1n) is 6.01. The summed E-state index contributed by atoms with van der Waals surface area (Å²) in [4.78, 5) is 36.3. The molecule has 0 fully saturated rings. The van der Waals surface area contributed by atoms with Crippen molar-refractivity contribution >= 4 is 17.8 Å². The van der Waals surface area contributed by atoms with Crippen molar-refractivity contribution in [1.29, 1.82) is 0 Å². The number of nitrogens with zero attached hydrogens (tertiary/aromatic N) is 2. The van der Waals surface area contributed by atoms with Gasteiger partial charge in [-0.1, -0.05) is 5.43 Å². The highest BCUT2D eigenvalue weighted by atomic mass is 19.1. The number of hydrogen-bond acceptors (Lipinski definition) is 6. The number of carbonyl (C=O) groups is 2. The Morgan fingerprint density at radius 2 is 2.14 bits per heavy atom. The van der Waals surface area contributed by atoms with Gasteiger partial charge in [0.1, 0.15) is 6.04 Å². The molecule has 0 rings (SSSR count). The summed E-state index contributed by atoms with van der Waals surface area (Å²) < 4.78 is 17.2. The number of ether oxygens (including phenoxy) is 1. The lowest BCUT2D eigenvalue weighted by atomic mass is 10.1. The topological polar surface area (TPSA) is 149 Å². The summed E-state index contributed by atoms with van der Waals surface area (Å²) in [6.45, 7) is 1.12. The lowest BCUT2D eigenvalue weighted by Gasteiger charge is -2.16. The van der Waals surface area contributed by atoms with Crippen molar-refractivity contribution in [2.24, 2.45) is 10.7 Å². The molecule has 0 saturated carbocycles. The fraction of sp³-hybridized carbons (Fsp3) is 0.700. The number of aliphatic imine (C=N–C) groups is 1. The molecule has 0 heterocycles. The molecule has 0 bridgehead atoms. The van der Waals surface area contributed by atoms with Crippen LogP contribution in [0, 0.1) is 10.1 Å². The number of alkyl halides is 1. The minimum atomic E-state index is -1.75. The maximum atomic E-state index is 12.8. The Labute approximate surface area is 120 Å². The van der Waals surface area contributed by atoms with E-state index < -0.39 is 29.1 Å². The Bertz CT molecular complexity index is 415. The molecule has 0 radical (unpaired) electrons. The number of guanidine groups is 1. The average Bonchev–Trinajstić information content (AvgIpc) is 2.39. The normalized spacial score (nSPS) is 14.0. The molecule has 10 nitrogen and oxygen atoms in total. The average molecular weight is 307 g/mol. The zero-order valence-corrected chi connectivity index (χ0v) is 11.7. The molecule has 11 heteroatoms. The zero-order chi connectivity index (χ0) is 16.4. The molecule has 0 spiro atoms. The maximum Gasteiger partial charge on any atom is 0.328 e. The second-order valence-corrected chi connectivity index (χ2v) is 3.98. The number of methoxy groups -OCH3 is 1. The quantitative estimate of drug-likeness (QED) is 0.128. The first-order chi connectivity index (χ1) is 9.77. The van der Waals surface area contributed by atoms with E-state index >= 15 is 0 Å². The molecule has 0 aliphatic rings. The summed E-state index contributed by atoms with van der Waals surface area (Å²) in [5.41, 5.74) is 6.84. The highest BCUT2D eigenvalue weighted by molar-refractivity contribution is 5.86. The number of halogens is 1. The second kappa shape index (κ2) is 9.44. The number of hydrogen-bond donors (Lipinski definition) is 3. The fourth-order valence-electron chi connectivity index (χ4n) is 1.30. The van der Waals surface area contributed by atoms with E-state index in [1.807, 2.05) is 0 Å². The summed E-state index contributed by atoms with van der Waals surface area (Å²) >= 11 is 0. The van der Waals surface area contributed by atoms with Gasteiger partial charge in [-0.3, -0.25) is 4.79 Å². The van der Waals surface area contributed by atoms with Gasteiger partial charge in [-0.25, -0.2) is 24.3 Å². The van der Waals surface area contributed by atoms with E-state index in [4.69, 9.17) is 5.73 Å². The van der Waals surface area contributed by atoms with Gasteiger partial charge < -0.3 is 15.8 Å². The predicted molar refractivity (Wildman–Crippen MR) is 70.4 cm³/mol. The van der Waals surface area contributed by atoms with Crippen molar-refractivity contribution in [2.75, 3.05) is 13.7 Å². The predicted octanol–water partition coefficient (Wildman–Crippen LogP) is -1.12. The van der Waals surface area contributed by atoms with Gasteiger partial charge in [0.05, 0.1) is 7.11 Å². The summed E-state index contributed by atoms with van der Waals surface area (Å²) in [7, 11) is 1.14. The van der Waals surface area contributed by atoms with Gasteiger partial charge in [-0.05, 0) is 19.8 Å². The molecule has 0 aliphatic carbocycles. The van der Waals surface area contributed by atoms with Crippen molar-refractivity contribution in [3.8, 4) is 0 Å². The van der Waals surface area contributed by atoms with E-state index in [1.54, 1.807) is 5.43 Å². The smallest absolute Gasteiger partial charge is 0.328 e. The number of nitrogens with one attached hydrogen (secondary N) is 2. The highest BCUT2D eigenvalue weighted by Gasteiger charge is 2.23. The van der Waals surface area contributed by atoms with Gasteiger partial charge in [0, 0.05) is 6.54 Å². The van der Waals surface area contributed by atoms with E-state index in [0.717, 1.165) is 14.0 Å². The van der Waals surface area contributed by atoms with Gasteiger partial charge in [0.25, 0.3) is 11.9 Å². The zero-order valence-electron chi connectivity index (χ0n) is 11.7. The molecule has 0 aliphatic heterocycles. The van der Waals surface area contributed by atoms with Crippen LogP contribution in [0.2, 0.25) is 0 Å². The van der Waals surface area contributed by atoms with Gasteiger partial charge in [-0.15, -0.1) is 0 Å². The van der Waals surface area contributed by atoms with E-state index in [2.05, 4.69) is 15.0 Å².